The van der Waals surface area contributed by atoms with Crippen LogP contribution in [0, 0.1) is 0 Å². The molecule has 0 atom stereocenters. The van der Waals surface area contributed by atoms with Crippen LogP contribution in [0.25, 0.3) is 43.6 Å². The maximum atomic E-state index is 9.50. The second-order valence-corrected chi connectivity index (χ2v) is 7.68. The summed E-state index contributed by atoms with van der Waals surface area (Å²) in [6.07, 6.45) is 6.27. The SMILES string of the molecule is O.O.O.O.O.O.O.O.O=C([O-])CCC(=O)[O-].[Cu+2].[Cu+2].[OH-].[OH-].[OH3+].[OH3+].c1cnc2c(c1)ccc1cccnc12.c1cnc2c(c1)ccc1cccnc12. The molecule has 0 amide bonds. The normalized spacial score (nSPS) is 7.44. The van der Waals surface area contributed by atoms with Crippen molar-refractivity contribution in [1.82, 2.24) is 19.9 Å². The third-order valence-electron chi connectivity index (χ3n) is 5.22. The third-order valence-corrected chi connectivity index (χ3v) is 5.22. The van der Waals surface area contributed by atoms with Crippen LogP contribution in [0.2, 0.25) is 0 Å². The molecule has 0 aliphatic carbocycles. The summed E-state index contributed by atoms with van der Waals surface area (Å²) < 4.78 is 0. The maximum absolute atomic E-state index is 9.50. The quantitative estimate of drug-likeness (QED) is 0.0924. The van der Waals surface area contributed by atoms with Crippen LogP contribution in [0.15, 0.2) is 97.6 Å². The van der Waals surface area contributed by atoms with Gasteiger partial charge in [0, 0.05) is 58.3 Å². The fourth-order valence-corrected chi connectivity index (χ4v) is 3.56. The number of hydrogen-bond donors (Lipinski definition) is 0. The Bertz CT molecular complexity index is 1470. The van der Waals surface area contributed by atoms with Crippen molar-refractivity contribution in [3.63, 3.8) is 0 Å². The molecule has 2 radical (unpaired) electrons. The molecule has 6 aromatic rings. The number of fused-ring (bicyclic) bond motifs is 6. The largest absolute Gasteiger partial charge is 2.00 e. The summed E-state index contributed by atoms with van der Waals surface area (Å²) in [6, 6.07) is 24.3. The summed E-state index contributed by atoms with van der Waals surface area (Å²) in [7, 11) is 0. The van der Waals surface area contributed by atoms with Crippen molar-refractivity contribution in [1.29, 1.82) is 0 Å². The number of carbonyl (C=O) groups is 2. The maximum Gasteiger partial charge on any atom is 2.00 e. The smallest absolute Gasteiger partial charge is 0.870 e. The number of aromatic nitrogens is 4. The molecule has 0 spiro atoms. The van der Waals surface area contributed by atoms with Gasteiger partial charge in [-0.25, -0.2) is 0 Å². The number of pyridine rings is 4. The summed E-state index contributed by atoms with van der Waals surface area (Å²) in [5.74, 6) is -2.73. The molecule has 0 bridgehead atoms. The van der Waals surface area contributed by atoms with Crippen LogP contribution < -0.4 is 10.2 Å². The number of carboxylic acid groups (broad SMARTS) is 2. The Morgan fingerprint density at radius 1 is 0.420 bits per heavy atom. The minimum absolute atomic E-state index is 0. The molecule has 24 N–H and O–H groups in total. The molecule has 0 aliphatic rings. The number of benzene rings is 2. The van der Waals surface area contributed by atoms with Crippen LogP contribution in [0.5, 0.6) is 0 Å². The van der Waals surface area contributed by atoms with Crippen LogP contribution in [0.4, 0.5) is 0 Å². The predicted molar refractivity (Wildman–Crippen MR) is 176 cm³/mol. The van der Waals surface area contributed by atoms with E-state index in [0.29, 0.717) is 0 Å². The van der Waals surface area contributed by atoms with E-state index in [2.05, 4.69) is 68.5 Å². The molecular weight excluding hydrogens is 775 g/mol. The molecule has 0 aliphatic heterocycles. The molecular formula is C28H44Cu2N4O16+2. The van der Waals surface area contributed by atoms with Gasteiger partial charge in [-0.2, -0.15) is 0 Å². The molecule has 6 rings (SSSR count). The molecule has 4 heterocycles. The van der Waals surface area contributed by atoms with Crippen molar-refractivity contribution < 1.29 is 120 Å². The van der Waals surface area contributed by atoms with E-state index in [1.165, 1.54) is 0 Å². The van der Waals surface area contributed by atoms with Crippen molar-refractivity contribution in [2.24, 2.45) is 0 Å². The van der Waals surface area contributed by atoms with Crippen LogP contribution in [0.3, 0.4) is 0 Å². The van der Waals surface area contributed by atoms with Crippen LogP contribution >= 0.6 is 0 Å². The van der Waals surface area contributed by atoms with Crippen molar-refractivity contribution >= 4 is 55.6 Å². The van der Waals surface area contributed by atoms with Crippen molar-refractivity contribution in [2.75, 3.05) is 0 Å². The fraction of sp³-hybridized carbons (Fsp3) is 0.0714. The van der Waals surface area contributed by atoms with Crippen LogP contribution in [-0.4, -0.2) is 86.6 Å². The predicted octanol–water partition coefficient (Wildman–Crippen LogP) is -5.97. The molecule has 22 heteroatoms. The first kappa shape index (κ1) is 75.8. The van der Waals surface area contributed by atoms with Gasteiger partial charge in [-0.15, -0.1) is 0 Å². The minimum atomic E-state index is -1.37. The van der Waals surface area contributed by atoms with E-state index in [9.17, 15) is 19.8 Å². The van der Waals surface area contributed by atoms with E-state index in [1.54, 1.807) is 24.8 Å². The average molecular weight is 820 g/mol. The molecule has 292 valence electrons. The number of carbonyl (C=O) groups excluding carboxylic acids is 2. The van der Waals surface area contributed by atoms with E-state index in [4.69, 9.17) is 0 Å². The Balaban J connectivity index is -0.0000000457. The van der Waals surface area contributed by atoms with Gasteiger partial charge in [-0.1, -0.05) is 48.5 Å². The van der Waals surface area contributed by atoms with Crippen molar-refractivity contribution in [3.8, 4) is 0 Å². The Kier molecular flexibility index (Phi) is 56.7. The van der Waals surface area contributed by atoms with E-state index >= 15 is 0 Å². The van der Waals surface area contributed by atoms with E-state index < -0.39 is 24.8 Å². The summed E-state index contributed by atoms with van der Waals surface area (Å²) >= 11 is 0. The standard InChI is InChI=1S/2C12H8N2.C4H6O4.2Cu.12H2O/c2*1-3-9-5-6-10-4-2-8-14-12(10)11(9)13-7-1;5-3(6)1-2-4(7)8;;;;;;;;;;;;;;/h2*1-8H;1-2H2,(H,5,6)(H,7,8);;;12*1H2/q;;;2*+2;;;;;;;;;;;;/p-2. The number of hydrogen-bond acceptors (Lipinski definition) is 10. The number of rotatable bonds is 3. The Morgan fingerprint density at radius 3 is 0.760 bits per heavy atom. The van der Waals surface area contributed by atoms with Gasteiger partial charge in [0.05, 0.1) is 22.1 Å². The second kappa shape index (κ2) is 37.4. The van der Waals surface area contributed by atoms with Crippen LogP contribution in [-0.2, 0) is 54.7 Å². The third kappa shape index (κ3) is 20.2. The second-order valence-electron chi connectivity index (χ2n) is 7.68. The van der Waals surface area contributed by atoms with E-state index in [-0.39, 0.29) is 99.9 Å². The van der Waals surface area contributed by atoms with E-state index in [1.807, 2.05) is 24.3 Å². The van der Waals surface area contributed by atoms with Gasteiger partial charge >= 0.3 is 34.1 Å². The molecule has 2 aromatic carbocycles. The molecule has 0 saturated carbocycles. The molecule has 0 fully saturated rings. The summed E-state index contributed by atoms with van der Waals surface area (Å²) in [6.45, 7) is 0. The molecule has 0 saturated heterocycles. The zero-order valence-electron chi connectivity index (χ0n) is 25.7. The topological polar surface area (TPSA) is 510 Å². The average Bonchev–Trinajstić information content (AvgIpc) is 2.92. The molecule has 0 unspecified atom stereocenters. The fourth-order valence-electron chi connectivity index (χ4n) is 3.56. The minimum Gasteiger partial charge on any atom is -0.870 e. The van der Waals surface area contributed by atoms with Crippen molar-refractivity contribution in [2.45, 2.75) is 12.8 Å². The first-order valence-electron chi connectivity index (χ1n) is 11.1. The summed E-state index contributed by atoms with van der Waals surface area (Å²) in [4.78, 5) is 36.4. The van der Waals surface area contributed by atoms with Gasteiger partial charge in [0.1, 0.15) is 0 Å². The Morgan fingerprint density at radius 2 is 0.600 bits per heavy atom. The Hall–Kier alpha value is -4.42. The van der Waals surface area contributed by atoms with Gasteiger partial charge in [0.15, 0.2) is 0 Å². The van der Waals surface area contributed by atoms with Gasteiger partial charge in [-0.3, -0.25) is 19.9 Å². The first-order valence-corrected chi connectivity index (χ1v) is 11.1. The molecule has 20 nitrogen and oxygen atoms in total. The van der Waals surface area contributed by atoms with Crippen LogP contribution in [0.1, 0.15) is 12.8 Å². The summed E-state index contributed by atoms with van der Waals surface area (Å²) in [5, 5.41) is 23.6. The summed E-state index contributed by atoms with van der Waals surface area (Å²) in [5.41, 5.74) is 3.91. The van der Waals surface area contributed by atoms with Gasteiger partial charge in [0.25, 0.3) is 0 Å². The van der Waals surface area contributed by atoms with Gasteiger partial charge < -0.3 is 85.5 Å². The number of carboxylic acids is 2. The number of aliphatic carboxylic acids is 2. The van der Waals surface area contributed by atoms with Crippen molar-refractivity contribution in [3.05, 3.63) is 97.6 Å². The zero-order valence-corrected chi connectivity index (χ0v) is 27.6. The van der Waals surface area contributed by atoms with E-state index in [0.717, 1.165) is 43.6 Å². The number of nitrogens with zero attached hydrogens (tertiary/aromatic N) is 4. The zero-order chi connectivity index (χ0) is 25.3. The Labute approximate surface area is 304 Å². The van der Waals surface area contributed by atoms with Gasteiger partial charge in [-0.05, 0) is 37.1 Å². The monoisotopic (exact) mass is 818 g/mol. The molecule has 4 aromatic heterocycles. The van der Waals surface area contributed by atoms with Gasteiger partial charge in [0.2, 0.25) is 0 Å². The molecule has 50 heavy (non-hydrogen) atoms. The first-order chi connectivity index (χ1) is 17.5.